The van der Waals surface area contributed by atoms with Crippen LogP contribution in [-0.4, -0.2) is 29.7 Å². The van der Waals surface area contributed by atoms with Gasteiger partial charge >= 0.3 is 6.03 Å². The maximum absolute atomic E-state index is 11.4. The van der Waals surface area contributed by atoms with Gasteiger partial charge in [0.15, 0.2) is 0 Å². The van der Waals surface area contributed by atoms with Gasteiger partial charge in [0.05, 0.1) is 6.21 Å². The van der Waals surface area contributed by atoms with Gasteiger partial charge in [0.2, 0.25) is 0 Å². The van der Waals surface area contributed by atoms with Crippen LogP contribution in [0, 0.1) is 0 Å². The van der Waals surface area contributed by atoms with E-state index in [1.54, 1.807) is 24.3 Å². The smallest absolute Gasteiger partial charge is 0.345 e. The molecule has 2 heterocycles. The first-order chi connectivity index (χ1) is 10.1. The highest BCUT2D eigenvalue weighted by Gasteiger charge is 2.27. The van der Waals surface area contributed by atoms with Crippen LogP contribution in [0.1, 0.15) is 5.76 Å². The minimum Gasteiger partial charge on any atom is -0.455 e. The highest BCUT2D eigenvalue weighted by Crippen LogP contribution is 2.23. The number of carbonyl (C=O) groups excluding carboxylic acids is 2. The third kappa shape index (κ3) is 2.80. The molecule has 106 valence electrons. The van der Waals surface area contributed by atoms with Gasteiger partial charge in [0.25, 0.3) is 5.91 Å². The van der Waals surface area contributed by atoms with Crippen LogP contribution in [0.4, 0.5) is 4.79 Å². The van der Waals surface area contributed by atoms with Crippen LogP contribution in [0.2, 0.25) is 5.02 Å². The predicted molar refractivity (Wildman–Crippen MR) is 77.0 cm³/mol. The zero-order chi connectivity index (χ0) is 14.8. The highest BCUT2D eigenvalue weighted by atomic mass is 35.5. The third-order valence-corrected chi connectivity index (χ3v) is 3.13. The van der Waals surface area contributed by atoms with Gasteiger partial charge in [-0.15, -0.1) is 5.01 Å². The molecular weight excluding hydrogens is 294 g/mol. The molecule has 0 atom stereocenters. The molecule has 3 amide bonds. The number of urea groups is 1. The van der Waals surface area contributed by atoms with Gasteiger partial charge in [0.1, 0.15) is 18.1 Å². The summed E-state index contributed by atoms with van der Waals surface area (Å²) >= 11 is 5.83. The van der Waals surface area contributed by atoms with E-state index in [4.69, 9.17) is 16.0 Å². The van der Waals surface area contributed by atoms with E-state index < -0.39 is 11.9 Å². The molecule has 1 N–H and O–H groups in total. The Bertz CT molecular complexity index is 705. The molecule has 1 aromatic heterocycles. The number of furan rings is 1. The van der Waals surface area contributed by atoms with E-state index in [0.29, 0.717) is 16.5 Å². The Labute approximate surface area is 125 Å². The first kappa shape index (κ1) is 13.4. The fourth-order valence-corrected chi connectivity index (χ4v) is 1.96. The SMILES string of the molecule is O=C1CNC(=O)N1N=Cc1ccc(-c2ccc(Cl)cc2)o1. The van der Waals surface area contributed by atoms with Crippen molar-refractivity contribution in [3.05, 3.63) is 47.2 Å². The molecule has 1 aliphatic heterocycles. The Morgan fingerprint density at radius 2 is 1.95 bits per heavy atom. The molecule has 0 saturated carbocycles. The lowest BCUT2D eigenvalue weighted by molar-refractivity contribution is -0.124. The van der Waals surface area contributed by atoms with Crippen molar-refractivity contribution >= 4 is 29.8 Å². The number of hydrogen-bond donors (Lipinski definition) is 1. The average Bonchev–Trinajstić information content (AvgIpc) is 3.06. The number of hydrazone groups is 1. The van der Waals surface area contributed by atoms with Crippen LogP contribution >= 0.6 is 11.6 Å². The van der Waals surface area contributed by atoms with E-state index >= 15 is 0 Å². The molecule has 3 rings (SSSR count). The van der Waals surface area contributed by atoms with Crippen LogP contribution in [0.15, 0.2) is 45.9 Å². The molecule has 0 spiro atoms. The summed E-state index contributed by atoms with van der Waals surface area (Å²) in [5.74, 6) is 0.679. The second-order valence-electron chi connectivity index (χ2n) is 4.32. The third-order valence-electron chi connectivity index (χ3n) is 2.88. The summed E-state index contributed by atoms with van der Waals surface area (Å²) < 4.78 is 5.58. The van der Waals surface area contributed by atoms with Gasteiger partial charge in [-0.2, -0.15) is 5.10 Å². The summed E-state index contributed by atoms with van der Waals surface area (Å²) in [7, 11) is 0. The van der Waals surface area contributed by atoms with E-state index in [1.807, 2.05) is 12.1 Å². The Kier molecular flexibility index (Phi) is 3.45. The normalized spacial score (nSPS) is 15.0. The van der Waals surface area contributed by atoms with E-state index in [1.165, 1.54) is 6.21 Å². The van der Waals surface area contributed by atoms with E-state index in [2.05, 4.69) is 10.4 Å². The maximum Gasteiger partial charge on any atom is 0.345 e. The second kappa shape index (κ2) is 5.41. The number of rotatable bonds is 3. The first-order valence-corrected chi connectivity index (χ1v) is 6.52. The lowest BCUT2D eigenvalue weighted by Gasteiger charge is -2.02. The topological polar surface area (TPSA) is 74.9 Å². The fourth-order valence-electron chi connectivity index (χ4n) is 1.84. The van der Waals surface area contributed by atoms with Crippen LogP contribution < -0.4 is 5.32 Å². The van der Waals surface area contributed by atoms with Crippen molar-refractivity contribution in [2.45, 2.75) is 0 Å². The van der Waals surface area contributed by atoms with E-state index in [-0.39, 0.29) is 6.54 Å². The number of amides is 3. The molecule has 6 nitrogen and oxygen atoms in total. The van der Waals surface area contributed by atoms with Crippen LogP contribution in [0.25, 0.3) is 11.3 Å². The molecular formula is C14H10ClN3O3. The Balaban J connectivity index is 1.77. The monoisotopic (exact) mass is 303 g/mol. The quantitative estimate of drug-likeness (QED) is 0.699. The van der Waals surface area contributed by atoms with Crippen LogP contribution in [0.3, 0.4) is 0 Å². The molecule has 21 heavy (non-hydrogen) atoms. The number of imide groups is 1. The largest absolute Gasteiger partial charge is 0.455 e. The summed E-state index contributed by atoms with van der Waals surface area (Å²) in [6, 6.07) is 10.1. The summed E-state index contributed by atoms with van der Waals surface area (Å²) in [5, 5.41) is 7.59. The molecule has 2 aromatic rings. The van der Waals surface area contributed by atoms with Crippen molar-refractivity contribution in [1.29, 1.82) is 0 Å². The number of halogens is 1. The van der Waals surface area contributed by atoms with E-state index in [9.17, 15) is 9.59 Å². The van der Waals surface area contributed by atoms with Gasteiger partial charge < -0.3 is 9.73 Å². The van der Waals surface area contributed by atoms with Crippen molar-refractivity contribution in [2.75, 3.05) is 6.54 Å². The number of hydrogen-bond acceptors (Lipinski definition) is 4. The standard InChI is InChI=1S/C14H10ClN3O3/c15-10-3-1-9(2-4-10)12-6-5-11(21-12)7-17-18-13(19)8-16-14(18)20/h1-7H,8H2,(H,16,20). The van der Waals surface area contributed by atoms with Crippen LogP contribution in [-0.2, 0) is 4.79 Å². The zero-order valence-electron chi connectivity index (χ0n) is 10.7. The number of nitrogens with one attached hydrogen (secondary N) is 1. The van der Waals surface area contributed by atoms with Gasteiger partial charge in [-0.1, -0.05) is 11.6 Å². The number of nitrogens with zero attached hydrogens (tertiary/aromatic N) is 2. The maximum atomic E-state index is 11.4. The first-order valence-electron chi connectivity index (χ1n) is 6.14. The van der Waals surface area contributed by atoms with Crippen molar-refractivity contribution in [3.8, 4) is 11.3 Å². The van der Waals surface area contributed by atoms with Crippen molar-refractivity contribution in [2.24, 2.45) is 5.10 Å². The summed E-state index contributed by atoms with van der Waals surface area (Å²) in [6.45, 7) is -0.0373. The van der Waals surface area contributed by atoms with Crippen molar-refractivity contribution < 1.29 is 14.0 Å². The molecule has 7 heteroatoms. The summed E-state index contributed by atoms with van der Waals surface area (Å²) in [4.78, 5) is 22.7. The number of benzene rings is 1. The van der Waals surface area contributed by atoms with Crippen molar-refractivity contribution in [1.82, 2.24) is 10.3 Å². The summed E-state index contributed by atoms with van der Waals surface area (Å²) in [5.41, 5.74) is 0.869. The Hall–Kier alpha value is -2.60. The average molecular weight is 304 g/mol. The molecule has 0 radical (unpaired) electrons. The summed E-state index contributed by atoms with van der Waals surface area (Å²) in [6.07, 6.45) is 1.32. The second-order valence-corrected chi connectivity index (χ2v) is 4.75. The van der Waals surface area contributed by atoms with Gasteiger partial charge in [-0.25, -0.2) is 4.79 Å². The van der Waals surface area contributed by atoms with Gasteiger partial charge in [0, 0.05) is 10.6 Å². The molecule has 1 fully saturated rings. The molecule has 0 bridgehead atoms. The fraction of sp³-hybridized carbons (Fsp3) is 0.0714. The minimum absolute atomic E-state index is 0.0373. The van der Waals surface area contributed by atoms with Gasteiger partial charge in [-0.3, -0.25) is 4.79 Å². The Morgan fingerprint density at radius 1 is 1.19 bits per heavy atom. The molecule has 1 aromatic carbocycles. The predicted octanol–water partition coefficient (Wildman–Crippen LogP) is 2.49. The van der Waals surface area contributed by atoms with Crippen molar-refractivity contribution in [3.63, 3.8) is 0 Å². The highest BCUT2D eigenvalue weighted by molar-refractivity contribution is 6.30. The van der Waals surface area contributed by atoms with Gasteiger partial charge in [-0.05, 0) is 36.4 Å². The minimum atomic E-state index is -0.541. The lowest BCUT2D eigenvalue weighted by atomic mass is 10.2. The zero-order valence-corrected chi connectivity index (χ0v) is 11.5. The Morgan fingerprint density at radius 3 is 2.62 bits per heavy atom. The lowest BCUT2D eigenvalue weighted by Crippen LogP contribution is -2.25. The molecule has 0 aliphatic carbocycles. The molecule has 0 unspecified atom stereocenters. The van der Waals surface area contributed by atoms with Crippen LogP contribution in [0.5, 0.6) is 0 Å². The van der Waals surface area contributed by atoms with E-state index in [0.717, 1.165) is 10.6 Å². The molecule has 1 aliphatic rings. The molecule has 1 saturated heterocycles. The number of carbonyl (C=O) groups is 2.